The van der Waals surface area contributed by atoms with Gasteiger partial charge in [0.05, 0.1) is 18.6 Å². The van der Waals surface area contributed by atoms with Gasteiger partial charge < -0.3 is 19.5 Å². The topological polar surface area (TPSA) is 41.9 Å². The van der Waals surface area contributed by atoms with Crippen LogP contribution >= 0.6 is 0 Å². The first-order valence-electron chi connectivity index (χ1n) is 8.39. The predicted molar refractivity (Wildman–Crippen MR) is 84.7 cm³/mol. The third-order valence-corrected chi connectivity index (χ3v) is 6.05. The highest BCUT2D eigenvalue weighted by molar-refractivity contribution is 5.58. The summed E-state index contributed by atoms with van der Waals surface area (Å²) in [7, 11) is 3.81. The SMILES string of the molecule is CCN(C)[C@H]1Cc2ccc(OC)c3c2C2[C@@H](CCC[C@@]21O)O3. The maximum absolute atomic E-state index is 11.6. The predicted octanol–water partition coefficient (Wildman–Crippen LogP) is 2.33. The summed E-state index contributed by atoms with van der Waals surface area (Å²) in [4.78, 5) is 2.30. The van der Waals surface area contributed by atoms with Gasteiger partial charge in [0, 0.05) is 11.6 Å². The first kappa shape index (κ1) is 14.3. The Balaban J connectivity index is 1.89. The maximum atomic E-state index is 11.6. The lowest BCUT2D eigenvalue weighted by Crippen LogP contribution is -2.61. The largest absolute Gasteiger partial charge is 0.493 e. The van der Waals surface area contributed by atoms with E-state index in [0.29, 0.717) is 0 Å². The van der Waals surface area contributed by atoms with Crippen molar-refractivity contribution in [3.63, 3.8) is 0 Å². The summed E-state index contributed by atoms with van der Waals surface area (Å²) in [5, 5.41) is 11.6. The Labute approximate surface area is 132 Å². The molecule has 1 aromatic carbocycles. The van der Waals surface area contributed by atoms with Crippen molar-refractivity contribution in [1.82, 2.24) is 4.90 Å². The summed E-state index contributed by atoms with van der Waals surface area (Å²) in [5.41, 5.74) is 1.85. The quantitative estimate of drug-likeness (QED) is 0.930. The summed E-state index contributed by atoms with van der Waals surface area (Å²) in [6.45, 7) is 3.10. The number of hydrogen-bond acceptors (Lipinski definition) is 4. The minimum Gasteiger partial charge on any atom is -0.493 e. The molecule has 22 heavy (non-hydrogen) atoms. The van der Waals surface area contributed by atoms with E-state index in [9.17, 15) is 5.11 Å². The van der Waals surface area contributed by atoms with E-state index in [1.807, 2.05) is 6.07 Å². The first-order chi connectivity index (χ1) is 10.6. The lowest BCUT2D eigenvalue weighted by atomic mass is 9.62. The van der Waals surface area contributed by atoms with Gasteiger partial charge in [-0.3, -0.25) is 0 Å². The Bertz CT molecular complexity index is 602. The molecule has 4 rings (SSSR count). The molecular weight excluding hydrogens is 278 g/mol. The average Bonchev–Trinajstić information content (AvgIpc) is 2.93. The van der Waals surface area contributed by atoms with Crippen LogP contribution in [0.5, 0.6) is 11.5 Å². The van der Waals surface area contributed by atoms with Gasteiger partial charge in [-0.05, 0) is 50.9 Å². The summed E-state index contributed by atoms with van der Waals surface area (Å²) < 4.78 is 11.7. The van der Waals surface area contributed by atoms with Crippen molar-refractivity contribution in [1.29, 1.82) is 0 Å². The van der Waals surface area contributed by atoms with E-state index in [2.05, 4.69) is 24.9 Å². The van der Waals surface area contributed by atoms with Gasteiger partial charge in [-0.1, -0.05) is 13.0 Å². The normalized spacial score (nSPS) is 35.2. The molecule has 0 radical (unpaired) electrons. The maximum Gasteiger partial charge on any atom is 0.165 e. The number of likely N-dealkylation sites (N-methyl/N-ethyl adjacent to an activating group) is 1. The monoisotopic (exact) mass is 303 g/mol. The molecule has 0 aromatic heterocycles. The van der Waals surface area contributed by atoms with Gasteiger partial charge in [-0.25, -0.2) is 0 Å². The van der Waals surface area contributed by atoms with E-state index in [0.717, 1.165) is 43.7 Å². The number of rotatable bonds is 3. The van der Waals surface area contributed by atoms with Crippen molar-refractivity contribution < 1.29 is 14.6 Å². The zero-order valence-electron chi connectivity index (χ0n) is 13.6. The summed E-state index contributed by atoms with van der Waals surface area (Å²) >= 11 is 0. The van der Waals surface area contributed by atoms with Crippen molar-refractivity contribution in [2.45, 2.75) is 56.3 Å². The van der Waals surface area contributed by atoms with Crippen LogP contribution in [0.25, 0.3) is 0 Å². The Hall–Kier alpha value is -1.26. The minimum atomic E-state index is -0.682. The summed E-state index contributed by atoms with van der Waals surface area (Å²) in [5.74, 6) is 1.78. The van der Waals surface area contributed by atoms with Crippen LogP contribution in [0.4, 0.5) is 0 Å². The van der Waals surface area contributed by atoms with Crippen molar-refractivity contribution in [2.24, 2.45) is 0 Å². The molecular formula is C18H25NO3. The van der Waals surface area contributed by atoms with E-state index in [1.54, 1.807) is 7.11 Å². The standard InChI is InChI=1S/C18H25NO3/c1-4-19(2)14-10-11-7-8-13(21-3)17-15(11)16-12(22-17)6-5-9-18(14,16)20/h7-8,12,14,16,20H,4-6,9-10H2,1-3H3/t12-,14+,16?,18+/m1/s1. The molecule has 1 aromatic rings. The lowest BCUT2D eigenvalue weighted by Gasteiger charge is -2.51. The number of benzene rings is 1. The van der Waals surface area contributed by atoms with Gasteiger partial charge in [0.15, 0.2) is 11.5 Å². The number of nitrogens with zero attached hydrogens (tertiary/aromatic N) is 1. The molecule has 3 aliphatic rings. The van der Waals surface area contributed by atoms with E-state index >= 15 is 0 Å². The zero-order valence-corrected chi connectivity index (χ0v) is 13.6. The van der Waals surface area contributed by atoms with Crippen molar-refractivity contribution in [2.75, 3.05) is 20.7 Å². The fraction of sp³-hybridized carbons (Fsp3) is 0.667. The number of methoxy groups -OCH3 is 1. The fourth-order valence-corrected chi connectivity index (χ4v) is 4.88. The third kappa shape index (κ3) is 1.71. The van der Waals surface area contributed by atoms with E-state index < -0.39 is 5.60 Å². The van der Waals surface area contributed by atoms with Crippen LogP contribution in [0.2, 0.25) is 0 Å². The van der Waals surface area contributed by atoms with Crippen LogP contribution in [0.1, 0.15) is 43.2 Å². The van der Waals surface area contributed by atoms with Crippen molar-refractivity contribution in [3.8, 4) is 11.5 Å². The highest BCUT2D eigenvalue weighted by atomic mass is 16.5. The Morgan fingerprint density at radius 1 is 1.45 bits per heavy atom. The molecule has 120 valence electrons. The van der Waals surface area contributed by atoms with Crippen molar-refractivity contribution in [3.05, 3.63) is 23.3 Å². The molecule has 4 heteroatoms. The highest BCUT2D eigenvalue weighted by Gasteiger charge is 2.59. The third-order valence-electron chi connectivity index (χ3n) is 6.05. The van der Waals surface area contributed by atoms with Crippen LogP contribution in [0.3, 0.4) is 0 Å². The van der Waals surface area contributed by atoms with Gasteiger partial charge in [0.2, 0.25) is 0 Å². The summed E-state index contributed by atoms with van der Waals surface area (Å²) in [6.07, 6.45) is 3.89. The Kier molecular flexibility index (Phi) is 3.17. The number of ether oxygens (including phenoxy) is 2. The molecule has 1 aliphatic heterocycles. The van der Waals surface area contributed by atoms with E-state index in [1.165, 1.54) is 11.1 Å². The van der Waals surface area contributed by atoms with Crippen LogP contribution < -0.4 is 9.47 Å². The Morgan fingerprint density at radius 3 is 3.00 bits per heavy atom. The molecule has 1 saturated carbocycles. The molecule has 4 atom stereocenters. The lowest BCUT2D eigenvalue weighted by molar-refractivity contribution is -0.106. The Morgan fingerprint density at radius 2 is 2.27 bits per heavy atom. The molecule has 1 unspecified atom stereocenters. The number of hydrogen-bond donors (Lipinski definition) is 1. The second-order valence-electron chi connectivity index (χ2n) is 6.98. The molecule has 1 fully saturated rings. The van der Waals surface area contributed by atoms with Crippen LogP contribution in [-0.4, -0.2) is 48.5 Å². The van der Waals surface area contributed by atoms with Gasteiger partial charge in [-0.15, -0.1) is 0 Å². The molecule has 0 amide bonds. The highest BCUT2D eigenvalue weighted by Crippen LogP contribution is 2.58. The second-order valence-corrected chi connectivity index (χ2v) is 6.98. The zero-order chi connectivity index (χ0) is 15.5. The van der Waals surface area contributed by atoms with Crippen LogP contribution in [-0.2, 0) is 6.42 Å². The van der Waals surface area contributed by atoms with E-state index in [-0.39, 0.29) is 18.1 Å². The average molecular weight is 303 g/mol. The first-order valence-corrected chi connectivity index (χ1v) is 8.39. The molecule has 1 N–H and O–H groups in total. The van der Waals surface area contributed by atoms with Gasteiger partial charge in [-0.2, -0.15) is 0 Å². The molecule has 1 heterocycles. The summed E-state index contributed by atoms with van der Waals surface area (Å²) in [6, 6.07) is 4.34. The smallest absolute Gasteiger partial charge is 0.165 e. The van der Waals surface area contributed by atoms with Gasteiger partial charge in [0.25, 0.3) is 0 Å². The van der Waals surface area contributed by atoms with Crippen LogP contribution in [0.15, 0.2) is 12.1 Å². The van der Waals surface area contributed by atoms with Gasteiger partial charge >= 0.3 is 0 Å². The minimum absolute atomic E-state index is 0.0918. The molecule has 0 saturated heterocycles. The van der Waals surface area contributed by atoms with Gasteiger partial charge in [0.1, 0.15) is 6.10 Å². The second kappa shape index (κ2) is 4.87. The molecule has 2 aliphatic carbocycles. The molecule has 0 spiro atoms. The molecule has 0 bridgehead atoms. The van der Waals surface area contributed by atoms with E-state index in [4.69, 9.17) is 9.47 Å². The number of aliphatic hydroxyl groups is 1. The van der Waals surface area contributed by atoms with Crippen LogP contribution in [0, 0.1) is 0 Å². The fourth-order valence-electron chi connectivity index (χ4n) is 4.88. The molecule has 4 nitrogen and oxygen atoms in total. The van der Waals surface area contributed by atoms with Crippen molar-refractivity contribution >= 4 is 0 Å².